The number of nitrogen functional groups attached to an aromatic ring is 1. The molecule has 166 valence electrons. The zero-order valence-electron chi connectivity index (χ0n) is 17.4. The Morgan fingerprint density at radius 3 is 2.31 bits per heavy atom. The van der Waals surface area contributed by atoms with E-state index in [1.807, 2.05) is 36.4 Å². The van der Waals surface area contributed by atoms with Crippen molar-refractivity contribution in [2.75, 3.05) is 18.9 Å². The minimum Gasteiger partial charge on any atom is -0.449 e. The van der Waals surface area contributed by atoms with Crippen LogP contribution in [0.4, 0.5) is 14.9 Å². The number of hydrogen-bond donors (Lipinski definition) is 4. The lowest BCUT2D eigenvalue weighted by molar-refractivity contribution is 0.0117. The Bertz CT molecular complexity index is 1080. The fourth-order valence-electron chi connectivity index (χ4n) is 4.13. The monoisotopic (exact) mass is 436 g/mol. The molecule has 2 unspecified atom stereocenters. The van der Waals surface area contributed by atoms with Crippen molar-refractivity contribution in [2.24, 2.45) is 0 Å². The highest BCUT2D eigenvalue weighted by molar-refractivity contribution is 5.79. The number of hydrogen-bond acceptors (Lipinski definition) is 5. The Morgan fingerprint density at radius 1 is 1.03 bits per heavy atom. The summed E-state index contributed by atoms with van der Waals surface area (Å²) >= 11 is 0. The van der Waals surface area contributed by atoms with Gasteiger partial charge in [-0.2, -0.15) is 0 Å². The molecule has 2 atom stereocenters. The van der Waals surface area contributed by atoms with Crippen LogP contribution in [0.25, 0.3) is 11.1 Å². The molecule has 0 saturated carbocycles. The van der Waals surface area contributed by atoms with Gasteiger partial charge in [-0.1, -0.05) is 48.5 Å². The second-order valence-electron chi connectivity index (χ2n) is 7.83. The summed E-state index contributed by atoms with van der Waals surface area (Å²) < 4.78 is 19.3. The van der Waals surface area contributed by atoms with Gasteiger partial charge in [0.25, 0.3) is 0 Å². The van der Waals surface area contributed by atoms with Crippen LogP contribution in [0.5, 0.6) is 0 Å². The number of carbonyl (C=O) groups is 1. The number of alkyl carbamates (subject to hydrolysis) is 1. The van der Waals surface area contributed by atoms with Gasteiger partial charge in [0.15, 0.2) is 0 Å². The zero-order valence-corrected chi connectivity index (χ0v) is 17.4. The van der Waals surface area contributed by atoms with Crippen LogP contribution in [0.15, 0.2) is 66.7 Å². The summed E-state index contributed by atoms with van der Waals surface area (Å²) in [6.45, 7) is 0.235. The van der Waals surface area contributed by atoms with E-state index in [9.17, 15) is 19.4 Å². The van der Waals surface area contributed by atoms with Crippen molar-refractivity contribution in [3.63, 3.8) is 0 Å². The summed E-state index contributed by atoms with van der Waals surface area (Å²) in [5, 5.41) is 22.9. The molecule has 6 nitrogen and oxygen atoms in total. The third kappa shape index (κ3) is 4.44. The molecule has 5 N–H and O–H groups in total. The maximum absolute atomic E-state index is 13.9. The molecular formula is C25H25FN2O4. The van der Waals surface area contributed by atoms with E-state index in [0.717, 1.165) is 28.3 Å². The van der Waals surface area contributed by atoms with Gasteiger partial charge in [0.05, 0.1) is 6.10 Å². The Kier molecular flexibility index (Phi) is 6.39. The van der Waals surface area contributed by atoms with Gasteiger partial charge >= 0.3 is 6.09 Å². The molecule has 0 bridgehead atoms. The first-order valence-electron chi connectivity index (χ1n) is 10.5. The van der Waals surface area contributed by atoms with Crippen LogP contribution in [0.3, 0.4) is 0 Å². The number of fused-ring (bicyclic) bond motifs is 3. The van der Waals surface area contributed by atoms with E-state index in [2.05, 4.69) is 17.4 Å². The summed E-state index contributed by atoms with van der Waals surface area (Å²) in [5.74, 6) is -0.706. The van der Waals surface area contributed by atoms with Crippen LogP contribution in [-0.4, -0.2) is 35.6 Å². The van der Waals surface area contributed by atoms with E-state index in [-0.39, 0.29) is 36.7 Å². The molecule has 4 rings (SSSR count). The van der Waals surface area contributed by atoms with E-state index >= 15 is 0 Å². The number of nitrogens with two attached hydrogens (primary N) is 1. The third-order valence-electron chi connectivity index (χ3n) is 5.76. The molecule has 0 fully saturated rings. The van der Waals surface area contributed by atoms with E-state index < -0.39 is 24.1 Å². The summed E-state index contributed by atoms with van der Waals surface area (Å²) in [7, 11) is 0. The van der Waals surface area contributed by atoms with Crippen LogP contribution in [-0.2, 0) is 4.74 Å². The maximum atomic E-state index is 13.9. The molecule has 0 aliphatic heterocycles. The van der Waals surface area contributed by atoms with E-state index in [1.54, 1.807) is 0 Å². The highest BCUT2D eigenvalue weighted by atomic mass is 19.1. The first kappa shape index (κ1) is 21.8. The van der Waals surface area contributed by atoms with Crippen LogP contribution in [0.1, 0.15) is 35.1 Å². The highest BCUT2D eigenvalue weighted by Crippen LogP contribution is 2.44. The number of nitrogens with one attached hydrogen (secondary N) is 1. The second-order valence-corrected chi connectivity index (χ2v) is 7.83. The lowest BCUT2D eigenvalue weighted by atomic mass is 9.98. The van der Waals surface area contributed by atoms with Crippen molar-refractivity contribution in [3.8, 4) is 11.1 Å². The molecule has 3 aromatic carbocycles. The smallest absolute Gasteiger partial charge is 0.407 e. The largest absolute Gasteiger partial charge is 0.449 e. The van der Waals surface area contributed by atoms with Gasteiger partial charge in [0, 0.05) is 23.7 Å². The van der Waals surface area contributed by atoms with Gasteiger partial charge in [-0.15, -0.1) is 0 Å². The number of amides is 1. The zero-order chi connectivity index (χ0) is 22.7. The van der Waals surface area contributed by atoms with Gasteiger partial charge in [-0.05, 0) is 46.9 Å². The Balaban J connectivity index is 1.29. The lowest BCUT2D eigenvalue weighted by Crippen LogP contribution is -2.31. The van der Waals surface area contributed by atoms with Crippen LogP contribution < -0.4 is 11.1 Å². The molecule has 32 heavy (non-hydrogen) atoms. The Hall–Kier alpha value is -3.42. The molecule has 7 heteroatoms. The molecule has 1 aliphatic rings. The molecule has 3 aromatic rings. The van der Waals surface area contributed by atoms with Crippen molar-refractivity contribution in [2.45, 2.75) is 24.5 Å². The van der Waals surface area contributed by atoms with E-state index in [1.165, 1.54) is 12.1 Å². The predicted molar refractivity (Wildman–Crippen MR) is 119 cm³/mol. The number of rotatable bonds is 7. The standard InChI is InChI=1S/C25H25FN2O4/c26-22-10-9-15(27)13-20(22)24(30)23(29)11-12-28-25(31)32-14-21-18-7-3-1-5-16(18)17-6-2-4-8-19(17)21/h1-10,13,21,23-24,29-30H,11-12,14,27H2,(H,28,31). The van der Waals surface area contributed by atoms with Gasteiger partial charge < -0.3 is 26.0 Å². The van der Waals surface area contributed by atoms with Gasteiger partial charge in [-0.3, -0.25) is 0 Å². The summed E-state index contributed by atoms with van der Waals surface area (Å²) in [6, 6.07) is 19.9. The molecule has 1 amide bonds. The number of ether oxygens (including phenoxy) is 1. The fourth-order valence-corrected chi connectivity index (χ4v) is 4.13. The SMILES string of the molecule is Nc1ccc(F)c(C(O)C(O)CCNC(=O)OCC2c3ccccc3-c3ccccc32)c1. The number of anilines is 1. The number of aliphatic hydroxyl groups excluding tert-OH is 2. The molecule has 0 radical (unpaired) electrons. The fraction of sp³-hybridized carbons (Fsp3) is 0.240. The van der Waals surface area contributed by atoms with Crippen LogP contribution in [0, 0.1) is 5.82 Å². The van der Waals surface area contributed by atoms with E-state index in [4.69, 9.17) is 10.5 Å². The number of benzene rings is 3. The van der Waals surface area contributed by atoms with Gasteiger partial charge in [-0.25, -0.2) is 9.18 Å². The van der Waals surface area contributed by atoms with Crippen LogP contribution >= 0.6 is 0 Å². The van der Waals surface area contributed by atoms with Crippen molar-refractivity contribution in [1.82, 2.24) is 5.32 Å². The third-order valence-corrected chi connectivity index (χ3v) is 5.76. The lowest BCUT2D eigenvalue weighted by Gasteiger charge is -2.19. The van der Waals surface area contributed by atoms with Crippen molar-refractivity contribution < 1.29 is 24.1 Å². The number of carbonyl (C=O) groups excluding carboxylic acids is 1. The topological polar surface area (TPSA) is 105 Å². The quantitative estimate of drug-likeness (QED) is 0.423. The average Bonchev–Trinajstić information content (AvgIpc) is 3.12. The molecule has 0 heterocycles. The average molecular weight is 436 g/mol. The van der Waals surface area contributed by atoms with Crippen LogP contribution in [0.2, 0.25) is 0 Å². The van der Waals surface area contributed by atoms with E-state index in [0.29, 0.717) is 0 Å². The summed E-state index contributed by atoms with van der Waals surface area (Å²) in [5.41, 5.74) is 10.3. The maximum Gasteiger partial charge on any atom is 0.407 e. The second kappa shape index (κ2) is 9.38. The molecule has 0 aromatic heterocycles. The molecule has 0 saturated heterocycles. The highest BCUT2D eigenvalue weighted by Gasteiger charge is 2.29. The first-order chi connectivity index (χ1) is 15.5. The van der Waals surface area contributed by atoms with Gasteiger partial charge in [0.1, 0.15) is 18.5 Å². The minimum atomic E-state index is -1.46. The normalized spacial score (nSPS) is 14.3. The summed E-state index contributed by atoms with van der Waals surface area (Å²) in [6.07, 6.45) is -3.34. The number of halogens is 1. The Labute approximate surface area is 185 Å². The van der Waals surface area contributed by atoms with Gasteiger partial charge in [0.2, 0.25) is 0 Å². The molecule has 1 aliphatic carbocycles. The Morgan fingerprint density at radius 2 is 1.66 bits per heavy atom. The van der Waals surface area contributed by atoms with Crippen molar-refractivity contribution in [1.29, 1.82) is 0 Å². The number of aliphatic hydroxyl groups is 2. The van der Waals surface area contributed by atoms with Crippen molar-refractivity contribution in [3.05, 3.63) is 89.2 Å². The predicted octanol–water partition coefficient (Wildman–Crippen LogP) is 3.73. The van der Waals surface area contributed by atoms with Crippen molar-refractivity contribution >= 4 is 11.8 Å². The molecule has 0 spiro atoms. The minimum absolute atomic E-state index is 0.0135. The summed E-state index contributed by atoms with van der Waals surface area (Å²) in [4.78, 5) is 12.2. The molecular weight excluding hydrogens is 411 g/mol. The first-order valence-corrected chi connectivity index (χ1v) is 10.5.